The molecule has 0 N–H and O–H groups in total. The van der Waals surface area contributed by atoms with Crippen molar-refractivity contribution < 1.29 is 9.53 Å². The Labute approximate surface area is 68.2 Å². The van der Waals surface area contributed by atoms with Gasteiger partial charge in [-0.1, -0.05) is 19.8 Å². The Hall–Kier alpha value is -0.790. The summed E-state index contributed by atoms with van der Waals surface area (Å²) in [5.74, 6) is 0.153. The van der Waals surface area contributed by atoms with Crippen LogP contribution in [0.25, 0.3) is 0 Å². The lowest BCUT2D eigenvalue weighted by molar-refractivity contribution is -0.114. The number of hydrogen-bond donors (Lipinski definition) is 0. The maximum atomic E-state index is 10.9. The Morgan fingerprint density at radius 2 is 2.18 bits per heavy atom. The molecule has 0 fully saturated rings. The van der Waals surface area contributed by atoms with Gasteiger partial charge >= 0.3 is 0 Å². The number of rotatable bonds is 6. The molecule has 0 aromatic carbocycles. The van der Waals surface area contributed by atoms with Crippen molar-refractivity contribution in [3.8, 4) is 0 Å². The minimum Gasteiger partial charge on any atom is -0.504 e. The predicted octanol–water partition coefficient (Wildman–Crippen LogP) is 2.30. The first-order chi connectivity index (χ1) is 5.31. The number of allylic oxidation sites excluding steroid dienone is 1. The first-order valence-electron chi connectivity index (χ1n) is 4.03. The molecular formula is C9H16O2. The molecule has 0 unspecified atom stereocenters. The molecular weight excluding hydrogens is 140 g/mol. The van der Waals surface area contributed by atoms with Crippen LogP contribution in [0.3, 0.4) is 0 Å². The molecule has 0 amide bonds. The highest BCUT2D eigenvalue weighted by molar-refractivity contribution is 5.89. The second-order valence-corrected chi connectivity index (χ2v) is 2.46. The lowest BCUT2D eigenvalue weighted by Gasteiger charge is -1.93. The second kappa shape index (κ2) is 7.32. The molecule has 0 bridgehead atoms. The van der Waals surface area contributed by atoms with E-state index in [9.17, 15) is 4.79 Å². The van der Waals surface area contributed by atoms with E-state index in [1.807, 2.05) is 0 Å². The molecule has 0 aromatic rings. The summed E-state index contributed by atoms with van der Waals surface area (Å²) in [5, 5.41) is 0. The van der Waals surface area contributed by atoms with Gasteiger partial charge in [-0.25, -0.2) is 0 Å². The van der Waals surface area contributed by atoms with Crippen molar-refractivity contribution in [1.82, 2.24) is 0 Å². The highest BCUT2D eigenvalue weighted by Gasteiger charge is 1.94. The normalized spacial score (nSPS) is 10.4. The van der Waals surface area contributed by atoms with Crippen LogP contribution in [0.1, 0.15) is 32.6 Å². The summed E-state index contributed by atoms with van der Waals surface area (Å²) in [7, 11) is 1.54. The van der Waals surface area contributed by atoms with E-state index in [4.69, 9.17) is 0 Å². The molecule has 2 heteroatoms. The summed E-state index contributed by atoms with van der Waals surface area (Å²) in [6.07, 6.45) is 6.83. The first-order valence-corrected chi connectivity index (χ1v) is 4.03. The molecule has 11 heavy (non-hydrogen) atoms. The van der Waals surface area contributed by atoms with Crippen LogP contribution in [0.4, 0.5) is 0 Å². The smallest absolute Gasteiger partial charge is 0.158 e. The zero-order chi connectivity index (χ0) is 8.53. The number of carbonyl (C=O) groups is 1. The van der Waals surface area contributed by atoms with E-state index in [0.717, 1.165) is 19.3 Å². The average molecular weight is 156 g/mol. The molecule has 0 aromatic heterocycles. The van der Waals surface area contributed by atoms with Crippen molar-refractivity contribution in [3.63, 3.8) is 0 Å². The monoisotopic (exact) mass is 156 g/mol. The molecule has 0 spiro atoms. The molecule has 0 aliphatic carbocycles. The topological polar surface area (TPSA) is 26.3 Å². The van der Waals surface area contributed by atoms with Crippen LogP contribution in [0, 0.1) is 0 Å². The Kier molecular flexibility index (Phi) is 6.79. The van der Waals surface area contributed by atoms with Crippen molar-refractivity contribution in [1.29, 1.82) is 0 Å². The van der Waals surface area contributed by atoms with E-state index >= 15 is 0 Å². The Bertz CT molecular complexity index is 128. The number of unbranched alkanes of at least 4 members (excludes halogenated alkanes) is 2. The highest BCUT2D eigenvalue weighted by Crippen LogP contribution is 1.99. The fourth-order valence-corrected chi connectivity index (χ4v) is 0.776. The first kappa shape index (κ1) is 10.2. The number of carbonyl (C=O) groups excluding carboxylic acids is 1. The maximum absolute atomic E-state index is 10.9. The average Bonchev–Trinajstić information content (AvgIpc) is 2.01. The van der Waals surface area contributed by atoms with E-state index in [-0.39, 0.29) is 5.78 Å². The molecule has 0 saturated heterocycles. The van der Waals surface area contributed by atoms with Crippen molar-refractivity contribution in [2.24, 2.45) is 0 Å². The van der Waals surface area contributed by atoms with Crippen LogP contribution in [0.15, 0.2) is 12.3 Å². The summed E-state index contributed by atoms with van der Waals surface area (Å²) in [6, 6.07) is 0. The summed E-state index contributed by atoms with van der Waals surface area (Å²) in [4.78, 5) is 10.9. The van der Waals surface area contributed by atoms with Crippen molar-refractivity contribution in [2.75, 3.05) is 7.11 Å². The van der Waals surface area contributed by atoms with Gasteiger partial charge in [0.25, 0.3) is 0 Å². The summed E-state index contributed by atoms with van der Waals surface area (Å²) in [6.45, 7) is 2.12. The molecule has 0 atom stereocenters. The fraction of sp³-hybridized carbons (Fsp3) is 0.667. The molecule has 0 rings (SSSR count). The van der Waals surface area contributed by atoms with Gasteiger partial charge in [0.05, 0.1) is 13.4 Å². The van der Waals surface area contributed by atoms with Gasteiger partial charge in [0.2, 0.25) is 0 Å². The minimum atomic E-state index is 0.153. The van der Waals surface area contributed by atoms with E-state index in [1.165, 1.54) is 19.4 Å². The van der Waals surface area contributed by atoms with Crippen molar-refractivity contribution in [2.45, 2.75) is 32.6 Å². The Morgan fingerprint density at radius 3 is 2.73 bits per heavy atom. The van der Waals surface area contributed by atoms with Crippen LogP contribution in [0.5, 0.6) is 0 Å². The number of hydrogen-bond acceptors (Lipinski definition) is 2. The van der Waals surface area contributed by atoms with Gasteiger partial charge in [-0.2, -0.15) is 0 Å². The van der Waals surface area contributed by atoms with Crippen LogP contribution >= 0.6 is 0 Å². The third-order valence-electron chi connectivity index (χ3n) is 1.42. The van der Waals surface area contributed by atoms with Gasteiger partial charge in [-0.05, 0) is 6.42 Å². The van der Waals surface area contributed by atoms with E-state index in [1.54, 1.807) is 0 Å². The Balaban J connectivity index is 3.30. The van der Waals surface area contributed by atoms with Gasteiger partial charge in [0, 0.05) is 12.5 Å². The molecule has 0 saturated carbocycles. The zero-order valence-electron chi connectivity index (χ0n) is 7.30. The highest BCUT2D eigenvalue weighted by atomic mass is 16.5. The van der Waals surface area contributed by atoms with Gasteiger partial charge in [0.15, 0.2) is 5.78 Å². The van der Waals surface area contributed by atoms with Gasteiger partial charge in [-0.15, -0.1) is 0 Å². The maximum Gasteiger partial charge on any atom is 0.158 e. The van der Waals surface area contributed by atoms with Gasteiger partial charge in [0.1, 0.15) is 0 Å². The van der Waals surface area contributed by atoms with Crippen LogP contribution in [-0.2, 0) is 9.53 Å². The number of methoxy groups -OCH3 is 1. The van der Waals surface area contributed by atoms with Crippen molar-refractivity contribution >= 4 is 5.78 Å². The molecule has 0 aliphatic rings. The molecule has 64 valence electrons. The minimum absolute atomic E-state index is 0.153. The van der Waals surface area contributed by atoms with E-state index < -0.39 is 0 Å². The van der Waals surface area contributed by atoms with Crippen molar-refractivity contribution in [3.05, 3.63) is 12.3 Å². The van der Waals surface area contributed by atoms with Gasteiger partial charge < -0.3 is 4.74 Å². The largest absolute Gasteiger partial charge is 0.504 e. The van der Waals surface area contributed by atoms with Gasteiger partial charge in [-0.3, -0.25) is 4.79 Å². The summed E-state index contributed by atoms with van der Waals surface area (Å²) >= 11 is 0. The van der Waals surface area contributed by atoms with Crippen LogP contribution in [-0.4, -0.2) is 12.9 Å². The second-order valence-electron chi connectivity index (χ2n) is 2.46. The van der Waals surface area contributed by atoms with Crippen LogP contribution in [0.2, 0.25) is 0 Å². The standard InChI is InChI=1S/C9H16O2/c1-3-4-5-6-9(10)7-8-11-2/h7-8H,3-6H2,1-2H3/b8-7+. The third-order valence-corrected chi connectivity index (χ3v) is 1.42. The quantitative estimate of drug-likeness (QED) is 0.335. The van der Waals surface area contributed by atoms with Crippen LogP contribution < -0.4 is 0 Å². The Morgan fingerprint density at radius 1 is 1.45 bits per heavy atom. The summed E-state index contributed by atoms with van der Waals surface area (Å²) < 4.78 is 4.62. The SMILES string of the molecule is CCCCCC(=O)/C=C/OC. The predicted molar refractivity (Wildman–Crippen MR) is 45.3 cm³/mol. The van der Waals surface area contributed by atoms with E-state index in [0.29, 0.717) is 6.42 Å². The molecule has 2 nitrogen and oxygen atoms in total. The molecule has 0 heterocycles. The fourth-order valence-electron chi connectivity index (χ4n) is 0.776. The lowest BCUT2D eigenvalue weighted by atomic mass is 10.1. The van der Waals surface area contributed by atoms with E-state index in [2.05, 4.69) is 11.7 Å². The molecule has 0 radical (unpaired) electrons. The zero-order valence-corrected chi connectivity index (χ0v) is 7.30. The number of ether oxygens (including phenoxy) is 1. The number of ketones is 1. The molecule has 0 aliphatic heterocycles. The summed E-state index contributed by atoms with van der Waals surface area (Å²) in [5.41, 5.74) is 0. The third kappa shape index (κ3) is 7.10. The lowest BCUT2D eigenvalue weighted by Crippen LogP contribution is -1.91.